The van der Waals surface area contributed by atoms with Crippen molar-refractivity contribution < 1.29 is 19.4 Å². The van der Waals surface area contributed by atoms with E-state index in [1.165, 1.54) is 24.5 Å². The molecule has 0 saturated carbocycles. The Morgan fingerprint density at radius 2 is 2.00 bits per heavy atom. The van der Waals surface area contributed by atoms with E-state index in [4.69, 9.17) is 0 Å². The van der Waals surface area contributed by atoms with Gasteiger partial charge in [-0.1, -0.05) is 5.76 Å². The number of methoxy groups -OCH3 is 1. The molecule has 0 atom stereocenters. The zero-order valence-electron chi connectivity index (χ0n) is 7.97. The Balaban J connectivity index is 2.86. The van der Waals surface area contributed by atoms with Crippen molar-refractivity contribution in [2.24, 2.45) is 0 Å². The van der Waals surface area contributed by atoms with E-state index in [1.807, 2.05) is 0 Å². The first kappa shape index (κ1) is 10.9. The minimum Gasteiger partial charge on any atom is -0.872 e. The van der Waals surface area contributed by atoms with Gasteiger partial charge in [-0.2, -0.15) is 0 Å². The number of esters is 1. The maximum atomic E-state index is 11.4. The van der Waals surface area contributed by atoms with E-state index in [1.54, 1.807) is 0 Å². The second-order valence-corrected chi connectivity index (χ2v) is 2.60. The molecule has 1 aromatic rings. The number of ketones is 1. The lowest BCUT2D eigenvalue weighted by molar-refractivity contribution is -0.243. The number of pyridine rings is 1. The Morgan fingerprint density at radius 1 is 1.40 bits per heavy atom. The highest BCUT2D eigenvalue weighted by Crippen LogP contribution is 2.05. The third-order valence-corrected chi connectivity index (χ3v) is 1.61. The normalized spacial score (nSPS) is 10.9. The summed E-state index contributed by atoms with van der Waals surface area (Å²) in [7, 11) is 1.07. The predicted molar refractivity (Wildman–Crippen MR) is 49.2 cm³/mol. The Bertz CT molecular complexity index is 397. The van der Waals surface area contributed by atoms with Gasteiger partial charge in [0.2, 0.25) is 0 Å². The number of hydrogen-bond acceptors (Lipinski definition) is 5. The van der Waals surface area contributed by atoms with Gasteiger partial charge in [0.25, 0.3) is 5.78 Å². The Labute approximate surface area is 86.0 Å². The maximum Gasteiger partial charge on any atom is 0.378 e. The summed E-state index contributed by atoms with van der Waals surface area (Å²) in [6.45, 7) is 0. The zero-order chi connectivity index (χ0) is 11.3. The van der Waals surface area contributed by atoms with Gasteiger partial charge in [-0.25, -0.2) is 4.79 Å². The highest BCUT2D eigenvalue weighted by molar-refractivity contribution is 6.39. The molecule has 0 unspecified atom stereocenters. The van der Waals surface area contributed by atoms with Crippen molar-refractivity contribution in [3.05, 3.63) is 36.2 Å². The molecule has 0 amide bonds. The molecule has 1 heterocycles. The lowest BCUT2D eigenvalue weighted by Crippen LogP contribution is -2.15. The molecule has 5 nitrogen and oxygen atoms in total. The van der Waals surface area contributed by atoms with E-state index in [2.05, 4.69) is 9.72 Å². The van der Waals surface area contributed by atoms with E-state index in [-0.39, 0.29) is 0 Å². The summed E-state index contributed by atoms with van der Waals surface area (Å²) in [6.07, 6.45) is 3.54. The molecular formula is C10H8NO4-. The standard InChI is InChI=1S/C10H9NO4/c1-15-10(14)9(13)6-8(12)7-2-4-11-5-3-7/h2-6,12H,1H3/p-1. The van der Waals surface area contributed by atoms with Gasteiger partial charge < -0.3 is 9.84 Å². The molecule has 5 heteroatoms. The number of carbonyl (C=O) groups excluding carboxylic acids is 2. The summed E-state index contributed by atoms with van der Waals surface area (Å²) in [5.74, 6) is -2.58. The molecule has 0 aliphatic rings. The lowest BCUT2D eigenvalue weighted by atomic mass is 10.2. The molecule has 78 valence electrons. The second-order valence-electron chi connectivity index (χ2n) is 2.60. The Morgan fingerprint density at radius 3 is 2.53 bits per heavy atom. The van der Waals surface area contributed by atoms with Crippen LogP contribution in [0, 0.1) is 0 Å². The van der Waals surface area contributed by atoms with Crippen LogP contribution in [0.25, 0.3) is 5.76 Å². The third-order valence-electron chi connectivity index (χ3n) is 1.61. The minimum absolute atomic E-state index is 0.294. The fraction of sp³-hybridized carbons (Fsp3) is 0.100. The van der Waals surface area contributed by atoms with Gasteiger partial charge >= 0.3 is 5.97 Å². The van der Waals surface area contributed by atoms with E-state index >= 15 is 0 Å². The molecule has 0 aromatic carbocycles. The van der Waals surface area contributed by atoms with Crippen LogP contribution in [0.2, 0.25) is 0 Å². The number of nitrogens with zero attached hydrogens (tertiary/aromatic N) is 1. The molecule has 0 radical (unpaired) electrons. The van der Waals surface area contributed by atoms with Crippen LogP contribution in [0.4, 0.5) is 0 Å². The Kier molecular flexibility index (Phi) is 3.56. The monoisotopic (exact) mass is 206 g/mol. The average molecular weight is 206 g/mol. The van der Waals surface area contributed by atoms with Crippen molar-refractivity contribution >= 4 is 17.5 Å². The molecule has 0 aliphatic heterocycles. The van der Waals surface area contributed by atoms with Gasteiger partial charge in [-0.3, -0.25) is 9.78 Å². The maximum absolute atomic E-state index is 11.4. The molecule has 0 aliphatic carbocycles. The first-order valence-corrected chi connectivity index (χ1v) is 4.06. The zero-order valence-corrected chi connectivity index (χ0v) is 7.97. The lowest BCUT2D eigenvalue weighted by Gasteiger charge is -2.10. The molecule has 0 bridgehead atoms. The number of ether oxygens (including phenoxy) is 1. The van der Waals surface area contributed by atoms with Gasteiger partial charge in [-0.15, -0.1) is 0 Å². The van der Waals surface area contributed by atoms with Crippen molar-refractivity contribution in [3.63, 3.8) is 0 Å². The van der Waals surface area contributed by atoms with Crippen molar-refractivity contribution in [2.45, 2.75) is 0 Å². The van der Waals surface area contributed by atoms with Gasteiger partial charge in [-0.05, 0) is 23.8 Å². The first-order valence-electron chi connectivity index (χ1n) is 4.06. The number of hydrogen-bond donors (Lipinski definition) is 0. The van der Waals surface area contributed by atoms with Crippen LogP contribution >= 0.6 is 0 Å². The molecular weight excluding hydrogens is 198 g/mol. The van der Waals surface area contributed by atoms with E-state index in [0.717, 1.165) is 7.11 Å². The SMILES string of the molecule is COC(=O)C(=O)C=C([O-])c1ccncc1. The summed E-state index contributed by atoms with van der Waals surface area (Å²) >= 11 is 0. The smallest absolute Gasteiger partial charge is 0.378 e. The highest BCUT2D eigenvalue weighted by Gasteiger charge is 2.09. The summed E-state index contributed by atoms with van der Waals surface area (Å²) in [5.41, 5.74) is 0.294. The molecule has 1 rings (SSSR count). The average Bonchev–Trinajstić information content (AvgIpc) is 2.29. The van der Waals surface area contributed by atoms with Gasteiger partial charge in [0.05, 0.1) is 7.11 Å². The van der Waals surface area contributed by atoms with Gasteiger partial charge in [0.1, 0.15) is 0 Å². The van der Waals surface area contributed by atoms with E-state index in [9.17, 15) is 14.7 Å². The van der Waals surface area contributed by atoms with Crippen molar-refractivity contribution in [1.29, 1.82) is 0 Å². The molecule has 0 spiro atoms. The largest absolute Gasteiger partial charge is 0.872 e. The fourth-order valence-electron chi connectivity index (χ4n) is 0.878. The number of carbonyl (C=O) groups is 2. The van der Waals surface area contributed by atoms with Crippen molar-refractivity contribution in [3.8, 4) is 0 Å². The quantitative estimate of drug-likeness (QED) is 0.289. The third kappa shape index (κ3) is 2.91. The predicted octanol–water partition coefficient (Wildman–Crippen LogP) is -0.475. The van der Waals surface area contributed by atoms with Crippen LogP contribution in [-0.4, -0.2) is 23.8 Å². The first-order chi connectivity index (χ1) is 7.15. The van der Waals surface area contributed by atoms with Crippen molar-refractivity contribution in [1.82, 2.24) is 4.98 Å². The van der Waals surface area contributed by atoms with Crippen LogP contribution in [-0.2, 0) is 14.3 Å². The van der Waals surface area contributed by atoms with Gasteiger partial charge in [0.15, 0.2) is 0 Å². The van der Waals surface area contributed by atoms with Crippen LogP contribution in [0.1, 0.15) is 5.56 Å². The molecule has 0 fully saturated rings. The van der Waals surface area contributed by atoms with Gasteiger partial charge in [0, 0.05) is 12.4 Å². The minimum atomic E-state index is -1.06. The highest BCUT2D eigenvalue weighted by atomic mass is 16.5. The van der Waals surface area contributed by atoms with Crippen LogP contribution in [0.5, 0.6) is 0 Å². The van der Waals surface area contributed by atoms with E-state index < -0.39 is 17.5 Å². The molecule has 15 heavy (non-hydrogen) atoms. The van der Waals surface area contributed by atoms with Crippen LogP contribution in [0.3, 0.4) is 0 Å². The summed E-state index contributed by atoms with van der Waals surface area (Å²) in [4.78, 5) is 25.4. The number of aromatic nitrogens is 1. The number of rotatable bonds is 3. The summed E-state index contributed by atoms with van der Waals surface area (Å²) in [6, 6.07) is 2.90. The topological polar surface area (TPSA) is 79.3 Å². The van der Waals surface area contributed by atoms with Crippen LogP contribution < -0.4 is 5.11 Å². The molecule has 1 aromatic heterocycles. The second kappa shape index (κ2) is 4.90. The van der Waals surface area contributed by atoms with Crippen LogP contribution in [0.15, 0.2) is 30.6 Å². The molecule has 0 saturated heterocycles. The van der Waals surface area contributed by atoms with Crippen molar-refractivity contribution in [2.75, 3.05) is 7.11 Å². The summed E-state index contributed by atoms with van der Waals surface area (Å²) < 4.78 is 4.16. The molecule has 0 N–H and O–H groups in total. The fourth-order valence-corrected chi connectivity index (χ4v) is 0.878. The van der Waals surface area contributed by atoms with E-state index in [0.29, 0.717) is 11.6 Å². The Hall–Kier alpha value is -2.17. The summed E-state index contributed by atoms with van der Waals surface area (Å²) in [5, 5.41) is 11.4.